The molecule has 0 atom stereocenters. The number of hydrogen-bond donors (Lipinski definition) is 1. The summed E-state index contributed by atoms with van der Waals surface area (Å²) in [5.74, 6) is -0.307. The number of pyridine rings is 1. The van der Waals surface area contributed by atoms with Gasteiger partial charge in [-0.05, 0) is 36.2 Å². The Morgan fingerprint density at radius 2 is 1.92 bits per heavy atom. The Hall–Kier alpha value is -2.25. The predicted octanol–water partition coefficient (Wildman–Crippen LogP) is 2.35. The Kier molecular flexibility index (Phi) is 6.27. The van der Waals surface area contributed by atoms with Gasteiger partial charge >= 0.3 is 0 Å². The van der Waals surface area contributed by atoms with Crippen LogP contribution in [0.25, 0.3) is 0 Å². The zero-order valence-electron chi connectivity index (χ0n) is 14.7. The van der Waals surface area contributed by atoms with Gasteiger partial charge in [-0.2, -0.15) is 4.31 Å². The molecule has 134 valence electrons. The summed E-state index contributed by atoms with van der Waals surface area (Å²) in [7, 11) is -3.60. The third-order valence-corrected chi connectivity index (χ3v) is 6.02. The number of carbonyl (C=O) groups is 1. The van der Waals surface area contributed by atoms with Crippen molar-refractivity contribution in [2.24, 2.45) is 0 Å². The van der Waals surface area contributed by atoms with Crippen LogP contribution < -0.4 is 5.32 Å². The van der Waals surface area contributed by atoms with E-state index in [4.69, 9.17) is 0 Å². The van der Waals surface area contributed by atoms with E-state index in [0.29, 0.717) is 25.2 Å². The van der Waals surface area contributed by atoms with Crippen LogP contribution in [0, 0.1) is 6.92 Å². The summed E-state index contributed by atoms with van der Waals surface area (Å²) >= 11 is 0. The second-order valence-electron chi connectivity index (χ2n) is 5.61. The number of nitrogens with one attached hydrogen (secondary N) is 1. The van der Waals surface area contributed by atoms with E-state index in [9.17, 15) is 13.2 Å². The van der Waals surface area contributed by atoms with Gasteiger partial charge in [0.2, 0.25) is 10.0 Å². The number of benzene rings is 1. The lowest BCUT2D eigenvalue weighted by atomic mass is 10.1. The van der Waals surface area contributed by atoms with Crippen molar-refractivity contribution in [2.75, 3.05) is 13.1 Å². The van der Waals surface area contributed by atoms with E-state index in [0.717, 1.165) is 11.1 Å². The molecule has 0 aliphatic heterocycles. The van der Waals surface area contributed by atoms with Crippen LogP contribution in [-0.4, -0.2) is 36.7 Å². The molecule has 0 radical (unpaired) electrons. The Balaban J connectivity index is 2.25. The number of amides is 1. The summed E-state index contributed by atoms with van der Waals surface area (Å²) in [6.07, 6.45) is 3.34. The molecule has 0 unspecified atom stereocenters. The van der Waals surface area contributed by atoms with Gasteiger partial charge in [-0.3, -0.25) is 9.78 Å². The highest BCUT2D eigenvalue weighted by Crippen LogP contribution is 2.19. The first-order chi connectivity index (χ1) is 11.9. The maximum absolute atomic E-state index is 12.6. The quantitative estimate of drug-likeness (QED) is 0.821. The number of aryl methyl sites for hydroxylation is 1. The van der Waals surface area contributed by atoms with Crippen LogP contribution >= 0.6 is 0 Å². The molecule has 1 N–H and O–H groups in total. The molecule has 6 nitrogen and oxygen atoms in total. The predicted molar refractivity (Wildman–Crippen MR) is 96.7 cm³/mol. The fourth-order valence-electron chi connectivity index (χ4n) is 2.50. The zero-order valence-corrected chi connectivity index (χ0v) is 15.5. The lowest BCUT2D eigenvalue weighted by Gasteiger charge is -2.19. The first kappa shape index (κ1) is 19.1. The first-order valence-electron chi connectivity index (χ1n) is 8.18. The summed E-state index contributed by atoms with van der Waals surface area (Å²) in [6.45, 7) is 6.46. The molecule has 0 saturated heterocycles. The van der Waals surface area contributed by atoms with Gasteiger partial charge in [0.15, 0.2) is 0 Å². The number of rotatable bonds is 7. The summed E-state index contributed by atoms with van der Waals surface area (Å²) in [4.78, 5) is 16.6. The summed E-state index contributed by atoms with van der Waals surface area (Å²) < 4.78 is 26.7. The van der Waals surface area contributed by atoms with Gasteiger partial charge in [0.25, 0.3) is 5.91 Å². The molecule has 0 spiro atoms. The highest BCUT2D eigenvalue weighted by molar-refractivity contribution is 7.89. The summed E-state index contributed by atoms with van der Waals surface area (Å²) in [5.41, 5.74) is 1.96. The van der Waals surface area contributed by atoms with Crippen molar-refractivity contribution < 1.29 is 13.2 Å². The van der Waals surface area contributed by atoms with E-state index in [2.05, 4.69) is 10.3 Å². The topological polar surface area (TPSA) is 79.4 Å². The Morgan fingerprint density at radius 3 is 2.52 bits per heavy atom. The summed E-state index contributed by atoms with van der Waals surface area (Å²) in [5, 5.41) is 2.80. The van der Waals surface area contributed by atoms with Crippen LogP contribution in [0.15, 0.2) is 47.6 Å². The molecule has 1 aromatic heterocycles. The number of hydrogen-bond acceptors (Lipinski definition) is 4. The van der Waals surface area contributed by atoms with Crippen LogP contribution in [0.2, 0.25) is 0 Å². The van der Waals surface area contributed by atoms with Crippen LogP contribution in [-0.2, 0) is 16.6 Å². The molecule has 0 aliphatic rings. The normalized spacial score (nSPS) is 11.5. The maximum atomic E-state index is 12.6. The number of sulfonamides is 1. The Bertz CT molecular complexity index is 832. The first-order valence-corrected chi connectivity index (χ1v) is 9.62. The second kappa shape index (κ2) is 8.22. The van der Waals surface area contributed by atoms with Crippen molar-refractivity contribution >= 4 is 15.9 Å². The molecular weight excluding hydrogens is 338 g/mol. The van der Waals surface area contributed by atoms with Crippen molar-refractivity contribution in [3.05, 3.63) is 59.4 Å². The van der Waals surface area contributed by atoms with E-state index in [1.807, 2.05) is 6.07 Å². The van der Waals surface area contributed by atoms with E-state index in [1.54, 1.807) is 51.4 Å². The molecule has 1 heterocycles. The van der Waals surface area contributed by atoms with Gasteiger partial charge in [0, 0.05) is 37.6 Å². The smallest absolute Gasteiger partial charge is 0.251 e. The van der Waals surface area contributed by atoms with Gasteiger partial charge in [0.1, 0.15) is 0 Å². The molecule has 0 aliphatic carbocycles. The molecule has 2 aromatic rings. The number of carbonyl (C=O) groups excluding carboxylic acids is 1. The fraction of sp³-hybridized carbons (Fsp3) is 0.333. The molecule has 2 rings (SSSR count). The van der Waals surface area contributed by atoms with Gasteiger partial charge in [-0.15, -0.1) is 0 Å². The van der Waals surface area contributed by atoms with Gasteiger partial charge in [0.05, 0.1) is 4.90 Å². The number of nitrogens with zero attached hydrogens (tertiary/aromatic N) is 2. The third-order valence-electron chi connectivity index (χ3n) is 3.97. The number of aromatic nitrogens is 1. The lowest BCUT2D eigenvalue weighted by molar-refractivity contribution is 0.0950. The monoisotopic (exact) mass is 361 g/mol. The van der Waals surface area contributed by atoms with Crippen molar-refractivity contribution in [1.29, 1.82) is 0 Å². The van der Waals surface area contributed by atoms with Gasteiger partial charge < -0.3 is 5.32 Å². The Morgan fingerprint density at radius 1 is 1.20 bits per heavy atom. The highest BCUT2D eigenvalue weighted by Gasteiger charge is 2.23. The van der Waals surface area contributed by atoms with Crippen molar-refractivity contribution in [3.8, 4) is 0 Å². The molecule has 25 heavy (non-hydrogen) atoms. The minimum atomic E-state index is -3.60. The van der Waals surface area contributed by atoms with E-state index < -0.39 is 10.0 Å². The Labute approximate surface area is 148 Å². The standard InChI is InChI=1S/C18H23N3O3S/c1-4-21(5-2)25(23,24)16-9-8-14(3)17(11-16)18(22)20-13-15-7-6-10-19-12-15/h6-12H,4-5,13H2,1-3H3,(H,20,22). The maximum Gasteiger partial charge on any atom is 0.251 e. The van der Waals surface area contributed by atoms with Crippen LogP contribution in [0.3, 0.4) is 0 Å². The van der Waals surface area contributed by atoms with Gasteiger partial charge in [-0.1, -0.05) is 26.0 Å². The molecule has 0 saturated carbocycles. The van der Waals surface area contributed by atoms with Crippen LogP contribution in [0.4, 0.5) is 0 Å². The minimum absolute atomic E-state index is 0.133. The molecule has 0 fully saturated rings. The summed E-state index contributed by atoms with van der Waals surface area (Å²) in [6, 6.07) is 8.31. The SMILES string of the molecule is CCN(CC)S(=O)(=O)c1ccc(C)c(C(=O)NCc2cccnc2)c1. The molecule has 7 heteroatoms. The molecule has 0 bridgehead atoms. The fourth-order valence-corrected chi connectivity index (χ4v) is 3.98. The highest BCUT2D eigenvalue weighted by atomic mass is 32.2. The minimum Gasteiger partial charge on any atom is -0.348 e. The molecular formula is C18H23N3O3S. The average molecular weight is 361 g/mol. The van der Waals surface area contributed by atoms with Crippen molar-refractivity contribution in [3.63, 3.8) is 0 Å². The van der Waals surface area contributed by atoms with E-state index >= 15 is 0 Å². The zero-order chi connectivity index (χ0) is 18.4. The lowest BCUT2D eigenvalue weighted by Crippen LogP contribution is -2.31. The van der Waals surface area contributed by atoms with Crippen molar-refractivity contribution in [1.82, 2.24) is 14.6 Å². The third kappa shape index (κ3) is 4.43. The second-order valence-corrected chi connectivity index (χ2v) is 7.55. The molecule has 1 aromatic carbocycles. The van der Waals surface area contributed by atoms with E-state index in [-0.39, 0.29) is 10.8 Å². The van der Waals surface area contributed by atoms with Crippen LogP contribution in [0.5, 0.6) is 0 Å². The van der Waals surface area contributed by atoms with Crippen LogP contribution in [0.1, 0.15) is 35.3 Å². The van der Waals surface area contributed by atoms with Crippen molar-refractivity contribution in [2.45, 2.75) is 32.2 Å². The van der Waals surface area contributed by atoms with Gasteiger partial charge in [-0.25, -0.2) is 8.42 Å². The van der Waals surface area contributed by atoms with E-state index in [1.165, 1.54) is 10.4 Å². The average Bonchev–Trinajstić information content (AvgIpc) is 2.61. The molecule has 1 amide bonds. The largest absolute Gasteiger partial charge is 0.348 e.